The Hall–Kier alpha value is -1.66. The average Bonchev–Trinajstić information content (AvgIpc) is 3.12. The second-order valence-electron chi connectivity index (χ2n) is 5.37. The molecule has 112 valence electrons. The second kappa shape index (κ2) is 5.99. The Kier molecular flexibility index (Phi) is 4.07. The molecule has 2 atom stereocenters. The minimum atomic E-state index is 0.113. The first-order valence-corrected chi connectivity index (χ1v) is 8.04. The molecule has 6 heteroatoms. The Morgan fingerprint density at radius 1 is 1.57 bits per heavy atom. The van der Waals surface area contributed by atoms with Gasteiger partial charge in [0.25, 0.3) is 0 Å². The van der Waals surface area contributed by atoms with Crippen molar-refractivity contribution in [3.05, 3.63) is 29.5 Å². The molecule has 1 N–H and O–H groups in total. The van der Waals surface area contributed by atoms with Crippen molar-refractivity contribution in [3.63, 3.8) is 0 Å². The largest absolute Gasteiger partial charge is 0.444 e. The number of oxazole rings is 1. The summed E-state index contributed by atoms with van der Waals surface area (Å²) in [4.78, 5) is 19.8. The molecule has 1 fully saturated rings. The molecule has 3 heterocycles. The zero-order valence-corrected chi connectivity index (χ0v) is 13.0. The van der Waals surface area contributed by atoms with Gasteiger partial charge in [-0.3, -0.25) is 4.79 Å². The number of hydrogen-bond donors (Lipinski definition) is 1. The number of thiophene rings is 1. The van der Waals surface area contributed by atoms with Gasteiger partial charge in [0.05, 0.1) is 17.0 Å². The van der Waals surface area contributed by atoms with Crippen LogP contribution in [0.3, 0.4) is 0 Å². The molecular formula is C15H19N3O2S. The number of rotatable bonds is 3. The third-order valence-corrected chi connectivity index (χ3v) is 4.83. The normalized spacial score (nSPS) is 22.5. The van der Waals surface area contributed by atoms with Crippen LogP contribution in [0.4, 0.5) is 0 Å². The van der Waals surface area contributed by atoms with E-state index in [1.54, 1.807) is 17.6 Å². The molecule has 0 saturated carbocycles. The minimum absolute atomic E-state index is 0.113. The summed E-state index contributed by atoms with van der Waals surface area (Å²) < 4.78 is 5.46. The molecule has 2 aromatic rings. The first-order chi connectivity index (χ1) is 10.1. The Balaban J connectivity index is 1.67. The number of nitrogens with zero attached hydrogens (tertiary/aromatic N) is 2. The highest BCUT2D eigenvalue weighted by Crippen LogP contribution is 2.24. The van der Waals surface area contributed by atoms with Crippen LogP contribution in [0.25, 0.3) is 10.8 Å². The number of carbonyl (C=O) groups excluding carboxylic acids is 1. The number of aromatic nitrogens is 1. The molecule has 1 amide bonds. The molecule has 3 rings (SSSR count). The molecule has 2 aromatic heterocycles. The van der Waals surface area contributed by atoms with Crippen LogP contribution in [0, 0.1) is 0 Å². The molecule has 0 radical (unpaired) electrons. The van der Waals surface area contributed by atoms with Crippen molar-refractivity contribution in [2.24, 2.45) is 0 Å². The molecule has 1 aliphatic rings. The Bertz CT molecular complexity index is 608. The van der Waals surface area contributed by atoms with Crippen LogP contribution in [0.15, 0.2) is 28.2 Å². The fourth-order valence-electron chi connectivity index (χ4n) is 2.57. The fourth-order valence-corrected chi connectivity index (χ4v) is 3.22. The lowest BCUT2D eigenvalue weighted by atomic mass is 10.1. The van der Waals surface area contributed by atoms with E-state index in [0.717, 1.165) is 18.0 Å². The lowest BCUT2D eigenvalue weighted by Gasteiger charge is -2.38. The molecule has 2 unspecified atom stereocenters. The second-order valence-corrected chi connectivity index (χ2v) is 6.32. The average molecular weight is 305 g/mol. The summed E-state index contributed by atoms with van der Waals surface area (Å²) in [5.74, 6) is 0.705. The van der Waals surface area contributed by atoms with Crippen molar-refractivity contribution in [2.45, 2.75) is 32.4 Å². The topological polar surface area (TPSA) is 58.4 Å². The Labute approximate surface area is 128 Å². The predicted octanol–water partition coefficient (Wildman–Crippen LogP) is 2.15. The number of nitrogens with one attached hydrogen (secondary N) is 1. The van der Waals surface area contributed by atoms with E-state index in [0.29, 0.717) is 24.0 Å². The molecule has 5 nitrogen and oxygen atoms in total. The van der Waals surface area contributed by atoms with E-state index in [1.807, 2.05) is 22.4 Å². The lowest BCUT2D eigenvalue weighted by Crippen LogP contribution is -2.57. The van der Waals surface area contributed by atoms with Gasteiger partial charge >= 0.3 is 0 Å². The maximum Gasteiger partial charge on any atom is 0.236 e. The molecule has 1 aliphatic heterocycles. The van der Waals surface area contributed by atoms with Crippen LogP contribution < -0.4 is 5.32 Å². The van der Waals surface area contributed by atoms with Crippen molar-refractivity contribution in [2.75, 3.05) is 13.1 Å². The standard InChI is InChI=1S/C15H19N3O2S/c1-10-11(2)18(6-5-16-10)14(19)8-12-9-20-15(17-12)13-4-3-7-21-13/h3-4,7,9-11,16H,5-6,8H2,1-2H3. The molecule has 0 spiro atoms. The number of amides is 1. The SMILES string of the molecule is CC1NCCN(C(=O)Cc2coc(-c3cccs3)n2)C1C. The van der Waals surface area contributed by atoms with Gasteiger partial charge in [-0.15, -0.1) is 11.3 Å². The zero-order valence-electron chi connectivity index (χ0n) is 12.2. The first kappa shape index (κ1) is 14.3. The van der Waals surface area contributed by atoms with Gasteiger partial charge in [0.1, 0.15) is 6.26 Å². The van der Waals surface area contributed by atoms with Crippen molar-refractivity contribution in [1.82, 2.24) is 15.2 Å². The highest BCUT2D eigenvalue weighted by Gasteiger charge is 2.28. The van der Waals surface area contributed by atoms with Gasteiger partial charge in [0.2, 0.25) is 11.8 Å². The highest BCUT2D eigenvalue weighted by molar-refractivity contribution is 7.13. The Morgan fingerprint density at radius 2 is 2.43 bits per heavy atom. The monoisotopic (exact) mass is 305 g/mol. The van der Waals surface area contributed by atoms with Crippen molar-refractivity contribution in [3.8, 4) is 10.8 Å². The summed E-state index contributed by atoms with van der Waals surface area (Å²) in [6, 6.07) is 4.44. The molecule has 0 bridgehead atoms. The summed E-state index contributed by atoms with van der Waals surface area (Å²) in [6.07, 6.45) is 1.88. The van der Waals surface area contributed by atoms with E-state index >= 15 is 0 Å². The Morgan fingerprint density at radius 3 is 3.19 bits per heavy atom. The van der Waals surface area contributed by atoms with Crippen LogP contribution in [-0.4, -0.2) is 41.0 Å². The van der Waals surface area contributed by atoms with Crippen LogP contribution >= 0.6 is 11.3 Å². The fraction of sp³-hybridized carbons (Fsp3) is 0.467. The van der Waals surface area contributed by atoms with E-state index < -0.39 is 0 Å². The maximum absolute atomic E-state index is 12.4. The van der Waals surface area contributed by atoms with Crippen molar-refractivity contribution < 1.29 is 9.21 Å². The van der Waals surface area contributed by atoms with Gasteiger partial charge in [-0.25, -0.2) is 4.98 Å². The quantitative estimate of drug-likeness (QED) is 0.944. The number of carbonyl (C=O) groups is 1. The highest BCUT2D eigenvalue weighted by atomic mass is 32.1. The van der Waals surface area contributed by atoms with Crippen molar-refractivity contribution in [1.29, 1.82) is 0 Å². The molecule has 0 aromatic carbocycles. The summed E-state index contributed by atoms with van der Waals surface area (Å²) in [5.41, 5.74) is 0.696. The van der Waals surface area contributed by atoms with E-state index in [1.165, 1.54) is 0 Å². The predicted molar refractivity (Wildman–Crippen MR) is 82.2 cm³/mol. The summed E-state index contributed by atoms with van der Waals surface area (Å²) in [5, 5.41) is 5.36. The maximum atomic E-state index is 12.4. The van der Waals surface area contributed by atoms with E-state index in [2.05, 4.69) is 24.1 Å². The smallest absolute Gasteiger partial charge is 0.236 e. The molecule has 0 aliphatic carbocycles. The van der Waals surface area contributed by atoms with Gasteiger partial charge in [-0.1, -0.05) is 6.07 Å². The lowest BCUT2D eigenvalue weighted by molar-refractivity contribution is -0.134. The van der Waals surface area contributed by atoms with Gasteiger partial charge < -0.3 is 14.6 Å². The van der Waals surface area contributed by atoms with Crippen LogP contribution in [0.1, 0.15) is 19.5 Å². The molecular weight excluding hydrogens is 286 g/mol. The van der Waals surface area contributed by atoms with Gasteiger partial charge in [-0.05, 0) is 25.3 Å². The van der Waals surface area contributed by atoms with Crippen LogP contribution in [-0.2, 0) is 11.2 Å². The third-order valence-electron chi connectivity index (χ3n) is 3.97. The third kappa shape index (κ3) is 3.01. The van der Waals surface area contributed by atoms with E-state index in [-0.39, 0.29) is 11.9 Å². The van der Waals surface area contributed by atoms with Gasteiger partial charge in [0, 0.05) is 25.2 Å². The van der Waals surface area contributed by atoms with Crippen molar-refractivity contribution >= 4 is 17.2 Å². The van der Waals surface area contributed by atoms with Gasteiger partial charge in [0.15, 0.2) is 0 Å². The van der Waals surface area contributed by atoms with Crippen LogP contribution in [0.2, 0.25) is 0 Å². The van der Waals surface area contributed by atoms with Crippen LogP contribution in [0.5, 0.6) is 0 Å². The number of piperazine rings is 1. The molecule has 21 heavy (non-hydrogen) atoms. The summed E-state index contributed by atoms with van der Waals surface area (Å²) in [6.45, 7) is 5.78. The summed E-state index contributed by atoms with van der Waals surface area (Å²) in [7, 11) is 0. The van der Waals surface area contributed by atoms with Gasteiger partial charge in [-0.2, -0.15) is 0 Å². The zero-order chi connectivity index (χ0) is 14.8. The minimum Gasteiger partial charge on any atom is -0.444 e. The van der Waals surface area contributed by atoms with E-state index in [9.17, 15) is 4.79 Å². The number of hydrogen-bond acceptors (Lipinski definition) is 5. The molecule has 1 saturated heterocycles. The van der Waals surface area contributed by atoms with E-state index in [4.69, 9.17) is 4.42 Å². The summed E-state index contributed by atoms with van der Waals surface area (Å²) >= 11 is 1.58. The first-order valence-electron chi connectivity index (χ1n) is 7.16.